The van der Waals surface area contributed by atoms with Gasteiger partial charge in [0.25, 0.3) is 0 Å². The molecule has 0 radical (unpaired) electrons. The molecule has 0 atom stereocenters. The van der Waals surface area contributed by atoms with Gasteiger partial charge in [0, 0.05) is 6.08 Å². The molecule has 2 nitrogen and oxygen atoms in total. The van der Waals surface area contributed by atoms with E-state index < -0.39 is 5.97 Å². The zero-order chi connectivity index (χ0) is 9.68. The number of hydrogen-bond acceptors (Lipinski definition) is 1. The molecular weight excluding hydrogens is 164 g/mol. The Morgan fingerprint density at radius 3 is 2.46 bits per heavy atom. The Labute approximate surface area is 77.5 Å². The molecule has 0 saturated carbocycles. The van der Waals surface area contributed by atoms with E-state index in [4.69, 9.17) is 5.11 Å². The van der Waals surface area contributed by atoms with Crippen molar-refractivity contribution in [3.05, 3.63) is 41.5 Å². The molecule has 13 heavy (non-hydrogen) atoms. The van der Waals surface area contributed by atoms with E-state index in [0.29, 0.717) is 0 Å². The average Bonchev–Trinajstić information content (AvgIpc) is 2.15. The van der Waals surface area contributed by atoms with Gasteiger partial charge in [-0.1, -0.05) is 31.2 Å². The number of carboxylic acid groups (broad SMARTS) is 1. The average molecular weight is 176 g/mol. The van der Waals surface area contributed by atoms with Crippen LogP contribution in [0.5, 0.6) is 0 Å². The number of rotatable bonds is 3. The van der Waals surface area contributed by atoms with Gasteiger partial charge in [-0.05, 0) is 23.6 Å². The Hall–Kier alpha value is -1.57. The summed E-state index contributed by atoms with van der Waals surface area (Å²) in [7, 11) is 0. The van der Waals surface area contributed by atoms with Crippen molar-refractivity contribution in [3.63, 3.8) is 0 Å². The molecule has 68 valence electrons. The smallest absolute Gasteiger partial charge is 0.328 e. The first-order valence-electron chi connectivity index (χ1n) is 4.22. The monoisotopic (exact) mass is 176 g/mol. The lowest BCUT2D eigenvalue weighted by atomic mass is 10.1. The highest BCUT2D eigenvalue weighted by molar-refractivity contribution is 5.85. The highest BCUT2D eigenvalue weighted by atomic mass is 16.4. The third-order valence-corrected chi connectivity index (χ3v) is 1.81. The van der Waals surface area contributed by atoms with Crippen LogP contribution in [0.2, 0.25) is 0 Å². The van der Waals surface area contributed by atoms with Gasteiger partial charge in [0.05, 0.1) is 0 Å². The summed E-state index contributed by atoms with van der Waals surface area (Å²) in [6.07, 6.45) is 3.73. The maximum atomic E-state index is 10.2. The van der Waals surface area contributed by atoms with Crippen LogP contribution in [-0.2, 0) is 11.2 Å². The molecule has 0 amide bonds. The third kappa shape index (κ3) is 3.11. The topological polar surface area (TPSA) is 37.3 Å². The van der Waals surface area contributed by atoms with Crippen molar-refractivity contribution in [1.82, 2.24) is 0 Å². The summed E-state index contributed by atoms with van der Waals surface area (Å²) < 4.78 is 0. The molecule has 0 aliphatic heterocycles. The summed E-state index contributed by atoms with van der Waals surface area (Å²) in [5.41, 5.74) is 2.17. The predicted octanol–water partition coefficient (Wildman–Crippen LogP) is 2.35. The van der Waals surface area contributed by atoms with Crippen molar-refractivity contribution in [2.45, 2.75) is 13.3 Å². The molecule has 1 N–H and O–H groups in total. The van der Waals surface area contributed by atoms with Crippen LogP contribution in [0, 0.1) is 0 Å². The van der Waals surface area contributed by atoms with Gasteiger partial charge in [-0.25, -0.2) is 4.79 Å². The van der Waals surface area contributed by atoms with Crippen molar-refractivity contribution < 1.29 is 9.90 Å². The van der Waals surface area contributed by atoms with Crippen molar-refractivity contribution in [2.24, 2.45) is 0 Å². The van der Waals surface area contributed by atoms with E-state index in [1.165, 1.54) is 5.56 Å². The quantitative estimate of drug-likeness (QED) is 0.718. The Balaban J connectivity index is 2.75. The third-order valence-electron chi connectivity index (χ3n) is 1.81. The number of benzene rings is 1. The van der Waals surface area contributed by atoms with Gasteiger partial charge in [-0.15, -0.1) is 0 Å². The summed E-state index contributed by atoms with van der Waals surface area (Å²) in [6, 6.07) is 7.83. The number of carboxylic acids is 1. The summed E-state index contributed by atoms with van der Waals surface area (Å²) in [5.74, 6) is -0.917. The summed E-state index contributed by atoms with van der Waals surface area (Å²) in [5, 5.41) is 8.39. The minimum atomic E-state index is -0.917. The molecule has 1 rings (SSSR count). The predicted molar refractivity (Wildman–Crippen MR) is 52.5 cm³/mol. The molecule has 0 bridgehead atoms. The zero-order valence-corrected chi connectivity index (χ0v) is 7.53. The van der Waals surface area contributed by atoms with Crippen molar-refractivity contribution in [3.8, 4) is 0 Å². The standard InChI is InChI=1S/C11H12O2/c1-2-9-3-5-10(6-4-9)7-8-11(12)13/h3-8H,2H2,1H3,(H,12,13). The van der Waals surface area contributed by atoms with E-state index >= 15 is 0 Å². The SMILES string of the molecule is CCc1ccc(C=CC(=O)O)cc1. The minimum absolute atomic E-state index is 0.916. The van der Waals surface area contributed by atoms with Gasteiger partial charge >= 0.3 is 5.97 Å². The van der Waals surface area contributed by atoms with E-state index in [2.05, 4.69) is 6.92 Å². The first-order valence-corrected chi connectivity index (χ1v) is 4.22. The lowest BCUT2D eigenvalue weighted by Gasteiger charge is -1.96. The van der Waals surface area contributed by atoms with Crippen molar-refractivity contribution in [2.75, 3.05) is 0 Å². The van der Waals surface area contributed by atoms with E-state index in [-0.39, 0.29) is 0 Å². The largest absolute Gasteiger partial charge is 0.478 e. The van der Waals surface area contributed by atoms with Crippen LogP contribution in [0.4, 0.5) is 0 Å². The first-order chi connectivity index (χ1) is 6.22. The molecular formula is C11H12O2. The number of hydrogen-bond donors (Lipinski definition) is 1. The van der Waals surface area contributed by atoms with Crippen LogP contribution in [-0.4, -0.2) is 11.1 Å². The van der Waals surface area contributed by atoms with Gasteiger partial charge in [-0.2, -0.15) is 0 Å². The zero-order valence-electron chi connectivity index (χ0n) is 7.53. The molecule has 0 aliphatic carbocycles. The van der Waals surface area contributed by atoms with Gasteiger partial charge in [0.1, 0.15) is 0 Å². The Morgan fingerprint density at radius 1 is 1.38 bits per heavy atom. The Morgan fingerprint density at radius 2 is 2.00 bits per heavy atom. The lowest BCUT2D eigenvalue weighted by molar-refractivity contribution is -0.131. The highest BCUT2D eigenvalue weighted by Crippen LogP contribution is 2.06. The van der Waals surface area contributed by atoms with Crippen LogP contribution in [0.1, 0.15) is 18.1 Å². The summed E-state index contributed by atoms with van der Waals surface area (Å²) >= 11 is 0. The van der Waals surface area contributed by atoms with E-state index in [1.807, 2.05) is 24.3 Å². The lowest BCUT2D eigenvalue weighted by Crippen LogP contribution is -1.85. The van der Waals surface area contributed by atoms with E-state index in [1.54, 1.807) is 6.08 Å². The van der Waals surface area contributed by atoms with Gasteiger partial charge < -0.3 is 5.11 Å². The molecule has 0 saturated heterocycles. The minimum Gasteiger partial charge on any atom is -0.478 e. The Kier molecular flexibility index (Phi) is 3.26. The fourth-order valence-corrected chi connectivity index (χ4v) is 1.03. The van der Waals surface area contributed by atoms with Gasteiger partial charge in [-0.3, -0.25) is 0 Å². The number of aliphatic carboxylic acids is 1. The Bertz CT molecular complexity index is 309. The molecule has 0 spiro atoms. The summed E-state index contributed by atoms with van der Waals surface area (Å²) in [4.78, 5) is 10.2. The second-order valence-electron chi connectivity index (χ2n) is 2.77. The van der Waals surface area contributed by atoms with E-state index in [9.17, 15) is 4.79 Å². The molecule has 1 aromatic carbocycles. The van der Waals surface area contributed by atoms with Crippen LogP contribution >= 0.6 is 0 Å². The van der Waals surface area contributed by atoms with Gasteiger partial charge in [0.2, 0.25) is 0 Å². The highest BCUT2D eigenvalue weighted by Gasteiger charge is 1.90. The van der Waals surface area contributed by atoms with Gasteiger partial charge in [0.15, 0.2) is 0 Å². The summed E-state index contributed by atoms with van der Waals surface area (Å²) in [6.45, 7) is 2.09. The van der Waals surface area contributed by atoms with Crippen LogP contribution in [0.25, 0.3) is 6.08 Å². The first kappa shape index (κ1) is 9.52. The maximum absolute atomic E-state index is 10.2. The second kappa shape index (κ2) is 4.45. The molecule has 2 heteroatoms. The second-order valence-corrected chi connectivity index (χ2v) is 2.77. The molecule has 0 fully saturated rings. The molecule has 0 aromatic heterocycles. The van der Waals surface area contributed by atoms with Crippen LogP contribution < -0.4 is 0 Å². The molecule has 0 unspecified atom stereocenters. The normalized spacial score (nSPS) is 10.5. The molecule has 0 heterocycles. The molecule has 0 aliphatic rings. The van der Waals surface area contributed by atoms with Crippen LogP contribution in [0.15, 0.2) is 30.3 Å². The van der Waals surface area contributed by atoms with Crippen molar-refractivity contribution in [1.29, 1.82) is 0 Å². The molecule has 1 aromatic rings. The van der Waals surface area contributed by atoms with Crippen LogP contribution in [0.3, 0.4) is 0 Å². The maximum Gasteiger partial charge on any atom is 0.328 e. The fourth-order valence-electron chi connectivity index (χ4n) is 1.03. The van der Waals surface area contributed by atoms with E-state index in [0.717, 1.165) is 18.1 Å². The number of aryl methyl sites for hydroxylation is 1. The number of carbonyl (C=O) groups is 1. The van der Waals surface area contributed by atoms with Crippen molar-refractivity contribution >= 4 is 12.0 Å². The fraction of sp³-hybridized carbons (Fsp3) is 0.182.